The van der Waals surface area contributed by atoms with E-state index in [1.807, 2.05) is 0 Å². The molecule has 0 radical (unpaired) electrons. The second kappa shape index (κ2) is 7.30. The highest BCUT2D eigenvalue weighted by Gasteiger charge is 2.35. The maximum Gasteiger partial charge on any atom is 0.269 e. The summed E-state index contributed by atoms with van der Waals surface area (Å²) >= 11 is 0. The molecule has 1 aromatic heterocycles. The Morgan fingerprint density at radius 2 is 1.38 bits per heavy atom. The molecule has 2 heteroatoms. The van der Waals surface area contributed by atoms with E-state index in [2.05, 4.69) is 130 Å². The van der Waals surface area contributed by atoms with Crippen LogP contribution in [0, 0.1) is 6.33 Å². The minimum atomic E-state index is -0.0955. The van der Waals surface area contributed by atoms with Gasteiger partial charge in [0.2, 0.25) is 0 Å². The van der Waals surface area contributed by atoms with Gasteiger partial charge in [-0.15, -0.1) is 0 Å². The molecule has 0 saturated carbocycles. The molecule has 1 aliphatic rings. The molecule has 5 aromatic rings. The van der Waals surface area contributed by atoms with Gasteiger partial charge in [0.05, 0.1) is 22.4 Å². The molecule has 2 heterocycles. The standard InChI is InChI=1S/C32H32N2/c1-20(2)24-14-25(21(3)4)16-26(15-24)33-19-34-30-18-23-11-8-7-10-22(23)17-28(30)32(5,6)27-12-9-13-29(33)31(27)34/h7-18,20-21H,1-6H3. The Labute approximate surface area is 202 Å². The Morgan fingerprint density at radius 1 is 0.735 bits per heavy atom. The van der Waals surface area contributed by atoms with Gasteiger partial charge < -0.3 is 0 Å². The highest BCUT2D eigenvalue weighted by Crippen LogP contribution is 2.42. The first-order valence-corrected chi connectivity index (χ1v) is 12.4. The fraction of sp³-hybridized carbons (Fsp3) is 0.281. The number of para-hydroxylation sites is 1. The van der Waals surface area contributed by atoms with Crippen molar-refractivity contribution in [2.24, 2.45) is 0 Å². The van der Waals surface area contributed by atoms with Crippen molar-refractivity contribution in [3.8, 4) is 11.4 Å². The summed E-state index contributed by atoms with van der Waals surface area (Å²) in [4.78, 5) is 0. The third-order valence-electron chi connectivity index (χ3n) is 7.68. The molecule has 0 amide bonds. The predicted molar refractivity (Wildman–Crippen MR) is 141 cm³/mol. The molecule has 4 aromatic carbocycles. The Morgan fingerprint density at radius 3 is 2.03 bits per heavy atom. The third-order valence-corrected chi connectivity index (χ3v) is 7.68. The molecule has 170 valence electrons. The van der Waals surface area contributed by atoms with Crippen LogP contribution in [0.5, 0.6) is 0 Å². The largest absolute Gasteiger partial charge is 0.292 e. The summed E-state index contributed by atoms with van der Waals surface area (Å²) < 4.78 is 4.58. The quantitative estimate of drug-likeness (QED) is 0.199. The van der Waals surface area contributed by atoms with E-state index < -0.39 is 0 Å². The van der Waals surface area contributed by atoms with E-state index in [0.29, 0.717) is 11.8 Å². The van der Waals surface area contributed by atoms with E-state index in [0.717, 1.165) is 0 Å². The second-order valence-electron chi connectivity index (χ2n) is 11.0. The van der Waals surface area contributed by atoms with Crippen molar-refractivity contribution in [2.75, 3.05) is 0 Å². The maximum atomic E-state index is 3.77. The third kappa shape index (κ3) is 2.98. The van der Waals surface area contributed by atoms with Crippen molar-refractivity contribution < 1.29 is 4.57 Å². The molecule has 0 spiro atoms. The SMILES string of the molecule is CC(C)c1cc(C(C)C)cc(-n2[c-][n+]3c4c(cccc42)C(C)(C)c2cc4ccccc4cc2-3)c1. The number of aromatic nitrogens is 2. The van der Waals surface area contributed by atoms with Gasteiger partial charge in [0.1, 0.15) is 0 Å². The van der Waals surface area contributed by atoms with E-state index in [1.54, 1.807) is 0 Å². The van der Waals surface area contributed by atoms with E-state index in [9.17, 15) is 0 Å². The number of fused-ring (bicyclic) bond motifs is 3. The van der Waals surface area contributed by atoms with Crippen molar-refractivity contribution >= 4 is 21.8 Å². The summed E-state index contributed by atoms with van der Waals surface area (Å²) in [5, 5.41) is 2.55. The zero-order valence-corrected chi connectivity index (χ0v) is 21.0. The summed E-state index contributed by atoms with van der Waals surface area (Å²) in [6, 6.07) is 27.2. The van der Waals surface area contributed by atoms with Crippen molar-refractivity contribution in [2.45, 2.75) is 58.8 Å². The predicted octanol–water partition coefficient (Wildman–Crippen LogP) is 7.75. The maximum absolute atomic E-state index is 3.77. The molecule has 0 bridgehead atoms. The van der Waals surface area contributed by atoms with Crippen molar-refractivity contribution in [1.82, 2.24) is 4.57 Å². The summed E-state index contributed by atoms with van der Waals surface area (Å²) in [5.74, 6) is 0.951. The Hall–Kier alpha value is -3.39. The van der Waals surface area contributed by atoms with Crippen LogP contribution in [0.2, 0.25) is 0 Å². The van der Waals surface area contributed by atoms with Crippen LogP contribution in [0.15, 0.2) is 72.8 Å². The van der Waals surface area contributed by atoms with Crippen LogP contribution < -0.4 is 4.57 Å². The Balaban J connectivity index is 1.70. The average molecular weight is 445 g/mol. The van der Waals surface area contributed by atoms with Crippen molar-refractivity contribution in [3.05, 3.63) is 101 Å². The minimum Gasteiger partial charge on any atom is -0.292 e. The van der Waals surface area contributed by atoms with Gasteiger partial charge >= 0.3 is 0 Å². The second-order valence-corrected chi connectivity index (χ2v) is 11.0. The van der Waals surface area contributed by atoms with Crippen LogP contribution in [0.4, 0.5) is 0 Å². The Kier molecular flexibility index (Phi) is 4.55. The van der Waals surface area contributed by atoms with Gasteiger partial charge in [0, 0.05) is 5.41 Å². The van der Waals surface area contributed by atoms with E-state index >= 15 is 0 Å². The molecular weight excluding hydrogens is 412 g/mol. The van der Waals surface area contributed by atoms with Crippen LogP contribution in [-0.2, 0) is 5.41 Å². The van der Waals surface area contributed by atoms with Crippen LogP contribution >= 0.6 is 0 Å². The molecule has 0 atom stereocenters. The highest BCUT2D eigenvalue weighted by atomic mass is 15.1. The normalized spacial score (nSPS) is 14.4. The molecule has 0 N–H and O–H groups in total. The van der Waals surface area contributed by atoms with E-state index in [1.165, 1.54) is 55.4 Å². The van der Waals surface area contributed by atoms with Gasteiger partial charge in [0.25, 0.3) is 6.33 Å². The molecule has 2 nitrogen and oxygen atoms in total. The first-order chi connectivity index (χ1) is 16.3. The zero-order chi connectivity index (χ0) is 23.8. The fourth-order valence-electron chi connectivity index (χ4n) is 5.54. The monoisotopic (exact) mass is 444 g/mol. The minimum absolute atomic E-state index is 0.0955. The molecule has 0 saturated heterocycles. The van der Waals surface area contributed by atoms with E-state index in [-0.39, 0.29) is 5.41 Å². The summed E-state index contributed by atoms with van der Waals surface area (Å²) in [5.41, 5.74) is 10.3. The van der Waals surface area contributed by atoms with Crippen LogP contribution in [0.1, 0.15) is 75.6 Å². The first-order valence-electron chi connectivity index (χ1n) is 12.4. The number of nitrogens with zero attached hydrogens (tertiary/aromatic N) is 2. The summed E-state index contributed by atoms with van der Waals surface area (Å²) in [6.45, 7) is 13.8. The van der Waals surface area contributed by atoms with Crippen LogP contribution in [-0.4, -0.2) is 4.57 Å². The number of hydrogen-bond acceptors (Lipinski definition) is 0. The lowest BCUT2D eigenvalue weighted by Crippen LogP contribution is -2.40. The van der Waals surface area contributed by atoms with Gasteiger partial charge in [0.15, 0.2) is 0 Å². The fourth-order valence-corrected chi connectivity index (χ4v) is 5.54. The topological polar surface area (TPSA) is 8.81 Å². The number of rotatable bonds is 3. The molecule has 6 rings (SSSR count). The smallest absolute Gasteiger partial charge is 0.269 e. The lowest BCUT2D eigenvalue weighted by molar-refractivity contribution is -0.575. The van der Waals surface area contributed by atoms with Gasteiger partial charge in [-0.05, 0) is 63.1 Å². The highest BCUT2D eigenvalue weighted by molar-refractivity contribution is 5.88. The molecule has 0 fully saturated rings. The first kappa shape index (κ1) is 21.2. The number of hydrogen-bond donors (Lipinski definition) is 0. The summed E-state index contributed by atoms with van der Waals surface area (Å²) in [6.07, 6.45) is 3.77. The molecular formula is C32H32N2. The molecule has 0 unspecified atom stereocenters. The van der Waals surface area contributed by atoms with Gasteiger partial charge in [-0.1, -0.05) is 96.1 Å². The van der Waals surface area contributed by atoms with Gasteiger partial charge in [-0.2, -0.15) is 0 Å². The molecule has 34 heavy (non-hydrogen) atoms. The van der Waals surface area contributed by atoms with Gasteiger partial charge in [-0.25, -0.2) is 0 Å². The zero-order valence-electron chi connectivity index (χ0n) is 21.0. The van der Waals surface area contributed by atoms with E-state index in [4.69, 9.17) is 0 Å². The van der Waals surface area contributed by atoms with Gasteiger partial charge in [-0.3, -0.25) is 9.13 Å². The van der Waals surface area contributed by atoms with Crippen molar-refractivity contribution in [3.63, 3.8) is 0 Å². The summed E-state index contributed by atoms with van der Waals surface area (Å²) in [7, 11) is 0. The van der Waals surface area contributed by atoms with Crippen LogP contribution in [0.3, 0.4) is 0 Å². The number of benzene rings is 4. The molecule has 0 aliphatic carbocycles. The number of imidazole rings is 1. The van der Waals surface area contributed by atoms with Crippen LogP contribution in [0.25, 0.3) is 33.2 Å². The molecule has 1 aliphatic heterocycles. The average Bonchev–Trinajstić information content (AvgIpc) is 3.22. The lowest BCUT2D eigenvalue weighted by Gasteiger charge is -2.34. The van der Waals surface area contributed by atoms with Crippen molar-refractivity contribution in [1.29, 1.82) is 0 Å². The lowest BCUT2D eigenvalue weighted by atomic mass is 9.74. The Bertz CT molecular complexity index is 1550.